The monoisotopic (exact) mass is 470 g/mol. The molecule has 0 spiro atoms. The third-order valence-electron chi connectivity index (χ3n) is 4.26. The van der Waals surface area contributed by atoms with Crippen LogP contribution in [-0.4, -0.2) is 20.6 Å². The van der Waals surface area contributed by atoms with Crippen LogP contribution in [0.2, 0.25) is 10.0 Å². The maximum Gasteiger partial charge on any atom is 0.449 e. The van der Waals surface area contributed by atoms with Crippen molar-refractivity contribution in [2.75, 3.05) is 0 Å². The summed E-state index contributed by atoms with van der Waals surface area (Å²) in [5.74, 6) is -1.37. The van der Waals surface area contributed by atoms with Gasteiger partial charge in [-0.1, -0.05) is 35.3 Å². The maximum atomic E-state index is 13.1. The fourth-order valence-corrected chi connectivity index (χ4v) is 4.19. The van der Waals surface area contributed by atoms with Gasteiger partial charge in [0.2, 0.25) is 5.82 Å². The Labute approximate surface area is 182 Å². The number of nitrogens with zero attached hydrogens (tertiary/aromatic N) is 3. The molecule has 30 heavy (non-hydrogen) atoms. The Morgan fingerprint density at radius 3 is 2.57 bits per heavy atom. The molecule has 3 aromatic rings. The lowest BCUT2D eigenvalue weighted by molar-refractivity contribution is -0.146. The Morgan fingerprint density at radius 2 is 1.90 bits per heavy atom. The molecule has 1 saturated heterocycles. The molecule has 154 valence electrons. The maximum absolute atomic E-state index is 13.1. The average molecular weight is 471 g/mol. The lowest BCUT2D eigenvalue weighted by Crippen LogP contribution is -2.19. The number of aryl methyl sites for hydroxylation is 1. The summed E-state index contributed by atoms with van der Waals surface area (Å²) >= 11 is 13.3. The number of benzene rings is 2. The molecule has 1 amide bonds. The number of halogens is 5. The van der Waals surface area contributed by atoms with E-state index in [0.717, 1.165) is 16.3 Å². The molecule has 2 aromatic carbocycles. The van der Waals surface area contributed by atoms with Crippen LogP contribution < -0.4 is 5.32 Å². The van der Waals surface area contributed by atoms with E-state index in [1.807, 2.05) is 0 Å². The van der Waals surface area contributed by atoms with Gasteiger partial charge in [0.1, 0.15) is 5.69 Å². The first-order valence-electron chi connectivity index (χ1n) is 8.41. The molecule has 1 fully saturated rings. The molecule has 0 aliphatic carbocycles. The number of alkyl halides is 3. The lowest BCUT2D eigenvalue weighted by atomic mass is 10.2. The van der Waals surface area contributed by atoms with Gasteiger partial charge in [0.15, 0.2) is 5.17 Å². The minimum absolute atomic E-state index is 0.214. The minimum Gasteiger partial charge on any atom is -0.323 e. The molecule has 11 heteroatoms. The van der Waals surface area contributed by atoms with E-state index in [1.165, 1.54) is 13.1 Å². The van der Waals surface area contributed by atoms with Crippen molar-refractivity contribution in [1.29, 1.82) is 0 Å². The highest BCUT2D eigenvalue weighted by molar-refractivity contribution is 8.18. The summed E-state index contributed by atoms with van der Waals surface area (Å²) in [5.41, 5.74) is 1.40. The predicted octanol–water partition coefficient (Wildman–Crippen LogP) is 5.79. The standard InChI is InChI=1S/C19H11Cl2F3N4OS/c1-28-13-7-9(5-6-12(13)25-17(28)19(22,23)24)8-14-16(29)27-18(30-14)26-15-10(20)3-2-4-11(15)21/h2-8H,1H3,(H,26,27,29)/b14-8+. The third-order valence-corrected chi connectivity index (χ3v) is 5.78. The van der Waals surface area contributed by atoms with Crippen molar-refractivity contribution in [1.82, 2.24) is 14.9 Å². The van der Waals surface area contributed by atoms with Crippen LogP contribution in [0.4, 0.5) is 18.9 Å². The Morgan fingerprint density at radius 1 is 1.20 bits per heavy atom. The van der Waals surface area contributed by atoms with E-state index in [9.17, 15) is 18.0 Å². The number of imidazole rings is 1. The van der Waals surface area contributed by atoms with Gasteiger partial charge in [-0.25, -0.2) is 9.98 Å². The zero-order valence-electron chi connectivity index (χ0n) is 15.1. The van der Waals surface area contributed by atoms with Crippen molar-refractivity contribution >= 4 is 68.8 Å². The number of amides is 1. The Kier molecular flexibility index (Phi) is 5.29. The van der Waals surface area contributed by atoms with Gasteiger partial charge in [0.25, 0.3) is 5.91 Å². The molecule has 4 rings (SSSR count). The first-order chi connectivity index (χ1) is 14.1. The van der Waals surface area contributed by atoms with Gasteiger partial charge in [0, 0.05) is 7.05 Å². The molecule has 5 nitrogen and oxygen atoms in total. The van der Waals surface area contributed by atoms with Gasteiger partial charge in [0.05, 0.1) is 26.0 Å². The van der Waals surface area contributed by atoms with Crippen molar-refractivity contribution < 1.29 is 18.0 Å². The second kappa shape index (κ2) is 7.64. The largest absolute Gasteiger partial charge is 0.449 e. The van der Waals surface area contributed by atoms with Gasteiger partial charge in [-0.2, -0.15) is 13.2 Å². The van der Waals surface area contributed by atoms with Crippen LogP contribution in [0.25, 0.3) is 17.1 Å². The number of aromatic nitrogens is 2. The molecule has 1 aliphatic rings. The van der Waals surface area contributed by atoms with E-state index in [-0.39, 0.29) is 11.4 Å². The summed E-state index contributed by atoms with van der Waals surface area (Å²) in [4.78, 5) is 20.6. The Balaban J connectivity index is 1.67. The van der Waals surface area contributed by atoms with Crippen LogP contribution >= 0.6 is 35.0 Å². The van der Waals surface area contributed by atoms with Crippen LogP contribution in [-0.2, 0) is 18.0 Å². The van der Waals surface area contributed by atoms with E-state index in [4.69, 9.17) is 23.2 Å². The number of nitrogens with one attached hydrogen (secondary N) is 1. The lowest BCUT2D eigenvalue weighted by Gasteiger charge is -2.05. The molecule has 2 heterocycles. The normalized spacial score (nSPS) is 17.3. The molecule has 1 aliphatic heterocycles. The van der Waals surface area contributed by atoms with Crippen LogP contribution in [0.5, 0.6) is 0 Å². The van der Waals surface area contributed by atoms with E-state index in [2.05, 4.69) is 15.3 Å². The molecular weight excluding hydrogens is 460 g/mol. The third kappa shape index (κ3) is 3.92. The zero-order chi connectivity index (χ0) is 21.6. The van der Waals surface area contributed by atoms with Crippen LogP contribution in [0.15, 0.2) is 46.3 Å². The van der Waals surface area contributed by atoms with E-state index in [1.54, 1.807) is 36.4 Å². The second-order valence-corrected chi connectivity index (χ2v) is 8.14. The number of carbonyl (C=O) groups is 1. The topological polar surface area (TPSA) is 59.3 Å². The van der Waals surface area contributed by atoms with E-state index in [0.29, 0.717) is 36.9 Å². The summed E-state index contributed by atoms with van der Waals surface area (Å²) in [6.45, 7) is 0. The summed E-state index contributed by atoms with van der Waals surface area (Å²) < 4.78 is 40.2. The molecule has 0 atom stereocenters. The smallest absolute Gasteiger partial charge is 0.323 e. The van der Waals surface area contributed by atoms with Gasteiger partial charge in [-0.15, -0.1) is 0 Å². The second-order valence-electron chi connectivity index (χ2n) is 6.29. The van der Waals surface area contributed by atoms with Gasteiger partial charge < -0.3 is 9.88 Å². The zero-order valence-corrected chi connectivity index (χ0v) is 17.4. The summed E-state index contributed by atoms with van der Waals surface area (Å²) in [7, 11) is 1.30. The van der Waals surface area contributed by atoms with Gasteiger partial charge >= 0.3 is 6.18 Å². The van der Waals surface area contributed by atoms with E-state index < -0.39 is 12.0 Å². The van der Waals surface area contributed by atoms with Crippen molar-refractivity contribution in [3.05, 3.63) is 62.7 Å². The number of fused-ring (bicyclic) bond motifs is 1. The molecule has 0 bridgehead atoms. The SMILES string of the molecule is Cn1c(C(F)(F)F)nc2ccc(/C=C3/SC(=Nc4c(Cl)cccc4Cl)NC3=O)cc21. The van der Waals surface area contributed by atoms with Crippen molar-refractivity contribution in [2.45, 2.75) is 6.18 Å². The van der Waals surface area contributed by atoms with Gasteiger partial charge in [-0.05, 0) is 47.7 Å². The van der Waals surface area contributed by atoms with Gasteiger partial charge in [-0.3, -0.25) is 4.79 Å². The summed E-state index contributed by atoms with van der Waals surface area (Å²) in [6, 6.07) is 9.55. The Hall–Kier alpha value is -2.49. The van der Waals surface area contributed by atoms with Crippen molar-refractivity contribution in [3.63, 3.8) is 0 Å². The average Bonchev–Trinajstić information content (AvgIpc) is 3.18. The van der Waals surface area contributed by atoms with E-state index >= 15 is 0 Å². The highest BCUT2D eigenvalue weighted by atomic mass is 35.5. The quantitative estimate of drug-likeness (QED) is 0.482. The number of hydrogen-bond donors (Lipinski definition) is 1. The fourth-order valence-electron chi connectivity index (χ4n) is 2.88. The number of hydrogen-bond acceptors (Lipinski definition) is 4. The minimum atomic E-state index is -4.56. The predicted molar refractivity (Wildman–Crippen MR) is 113 cm³/mol. The summed E-state index contributed by atoms with van der Waals surface area (Å²) in [5, 5.41) is 3.59. The Bertz CT molecular complexity index is 1230. The fraction of sp³-hybridized carbons (Fsp3) is 0.105. The first-order valence-corrected chi connectivity index (χ1v) is 9.98. The number of rotatable bonds is 2. The molecule has 1 aromatic heterocycles. The molecule has 0 unspecified atom stereocenters. The number of para-hydroxylation sites is 1. The number of carbonyl (C=O) groups excluding carboxylic acids is 1. The summed E-state index contributed by atoms with van der Waals surface area (Å²) in [6.07, 6.45) is -2.99. The van der Waals surface area contributed by atoms with Crippen LogP contribution in [0.1, 0.15) is 11.4 Å². The highest BCUT2D eigenvalue weighted by Crippen LogP contribution is 2.36. The van der Waals surface area contributed by atoms with Crippen molar-refractivity contribution in [3.8, 4) is 0 Å². The van der Waals surface area contributed by atoms with Crippen LogP contribution in [0.3, 0.4) is 0 Å². The molecule has 0 saturated carbocycles. The molecule has 0 radical (unpaired) electrons. The molecular formula is C19H11Cl2F3N4OS. The number of amidine groups is 1. The highest BCUT2D eigenvalue weighted by Gasteiger charge is 2.36. The van der Waals surface area contributed by atoms with Crippen LogP contribution in [0, 0.1) is 0 Å². The number of aliphatic imine (C=N–C) groups is 1. The van der Waals surface area contributed by atoms with Crippen molar-refractivity contribution in [2.24, 2.45) is 12.0 Å². The first kappa shape index (κ1) is 20.8. The molecule has 1 N–H and O–H groups in total. The number of thioether (sulfide) groups is 1.